The van der Waals surface area contributed by atoms with Crippen molar-refractivity contribution in [3.8, 4) is 0 Å². The van der Waals surface area contributed by atoms with Gasteiger partial charge in [0.15, 0.2) is 31.6 Å². The molecule has 1 saturated heterocycles. The van der Waals surface area contributed by atoms with Gasteiger partial charge in [-0.3, -0.25) is 0 Å². The normalized spacial score (nSPS) is 27.1. The Bertz CT molecular complexity index is 1310. The van der Waals surface area contributed by atoms with Crippen LogP contribution in [0.25, 0.3) is 0 Å². The Morgan fingerprint density at radius 3 is 1.48 bits per heavy atom. The zero-order valence-electron chi connectivity index (χ0n) is 30.4. The Morgan fingerprint density at radius 1 is 0.615 bits per heavy atom. The molecule has 4 unspecified atom stereocenters. The van der Waals surface area contributed by atoms with Crippen molar-refractivity contribution in [3.05, 3.63) is 46.9 Å². The summed E-state index contributed by atoms with van der Waals surface area (Å²) in [6.45, 7) is 15.3. The molecule has 0 bridgehead atoms. The van der Waals surface area contributed by atoms with E-state index in [-0.39, 0.29) is 20.9 Å². The fourth-order valence-corrected chi connectivity index (χ4v) is 33.1. The van der Waals surface area contributed by atoms with Crippen LogP contribution in [0.3, 0.4) is 0 Å². The van der Waals surface area contributed by atoms with Crippen LogP contribution >= 0.6 is 0 Å². The summed E-state index contributed by atoms with van der Waals surface area (Å²) in [5, 5.41) is 0. The van der Waals surface area contributed by atoms with Crippen molar-refractivity contribution in [1.29, 1.82) is 0 Å². The van der Waals surface area contributed by atoms with E-state index in [2.05, 4.69) is 6.58 Å². The molecule has 1 aliphatic heterocycles. The Morgan fingerprint density at radius 2 is 1.06 bits per heavy atom. The van der Waals surface area contributed by atoms with Crippen molar-refractivity contribution in [1.82, 2.24) is 0 Å². The maximum Gasteiger partial charge on any atom is 0.665 e. The summed E-state index contributed by atoms with van der Waals surface area (Å²) < 4.78 is 156. The molecule has 14 nitrogen and oxygen atoms in total. The van der Waals surface area contributed by atoms with Gasteiger partial charge < -0.3 is 59.5 Å². The topological polar surface area (TPSA) is 129 Å². The minimum absolute atomic E-state index is 0. The summed E-state index contributed by atoms with van der Waals surface area (Å²) in [6, 6.07) is -0.165. The Hall–Kier alpha value is -0.215. The molecule has 1 fully saturated rings. The average molecular weight is 899 g/mol. The first-order chi connectivity index (χ1) is 22.9. The van der Waals surface area contributed by atoms with Crippen molar-refractivity contribution >= 4 is 70.7 Å². The van der Waals surface area contributed by atoms with Crippen molar-refractivity contribution in [3.63, 3.8) is 0 Å². The first kappa shape index (κ1) is 51.8. The van der Waals surface area contributed by atoms with Crippen LogP contribution in [0.5, 0.6) is 0 Å². The van der Waals surface area contributed by atoms with Gasteiger partial charge in [-0.2, -0.15) is 0 Å². The first-order valence-electron chi connectivity index (χ1n) is 14.9. The van der Waals surface area contributed by atoms with E-state index in [1.807, 2.05) is 13.1 Å². The third kappa shape index (κ3) is 12.9. The molecule has 1 heterocycles. The largest absolute Gasteiger partial charge is 0.665 e. The van der Waals surface area contributed by atoms with E-state index in [0.717, 1.165) is 0 Å². The molecule has 0 aromatic heterocycles. The average Bonchev–Trinajstić information content (AvgIpc) is 3.04. The van der Waals surface area contributed by atoms with Crippen molar-refractivity contribution < 1.29 is 81.4 Å². The second-order valence-corrected chi connectivity index (χ2v) is 36.8. The maximum atomic E-state index is 14.6. The number of benzene rings is 1. The molecule has 0 spiro atoms. The third-order valence-electron chi connectivity index (χ3n) is 7.23. The van der Waals surface area contributed by atoms with E-state index < -0.39 is 112 Å². The number of rotatable bonds is 14. The predicted molar refractivity (Wildman–Crippen MR) is 198 cm³/mol. The first-order valence-corrected chi connectivity index (χ1v) is 32.3. The lowest BCUT2D eigenvalue weighted by Gasteiger charge is -2.45. The number of hydrogen-bond donors (Lipinski definition) is 0. The predicted octanol–water partition coefficient (Wildman–Crippen LogP) is 5.65. The van der Waals surface area contributed by atoms with E-state index in [9.17, 15) is 22.0 Å². The van der Waals surface area contributed by atoms with Crippen LogP contribution in [0.2, 0.25) is 51.9 Å². The molecule has 27 heteroatoms. The molecular weight excluding hydrogens is 844 g/mol. The van der Waals surface area contributed by atoms with Crippen LogP contribution in [0.4, 0.5) is 22.0 Å². The highest BCUT2D eigenvalue weighted by Gasteiger charge is 2.66. The highest BCUT2D eigenvalue weighted by molar-refractivity contribution is 6.89. The Labute approximate surface area is 313 Å². The molecule has 1 aromatic carbocycles. The second-order valence-electron chi connectivity index (χ2n) is 12.1. The van der Waals surface area contributed by atoms with E-state index in [0.29, 0.717) is 0 Å². The smallest absolute Gasteiger partial charge is 0.417 e. The van der Waals surface area contributed by atoms with Crippen molar-refractivity contribution in [2.75, 3.05) is 42.7 Å². The summed E-state index contributed by atoms with van der Waals surface area (Å²) >= 11 is 0. The maximum absolute atomic E-state index is 14.6. The quantitative estimate of drug-likeness (QED) is 0.0988. The van der Waals surface area contributed by atoms with Crippen molar-refractivity contribution in [2.45, 2.75) is 73.1 Å². The molecule has 4 atom stereocenters. The van der Waals surface area contributed by atoms with E-state index in [4.69, 9.17) is 59.5 Å². The minimum atomic E-state index is -4.51. The zero-order chi connectivity index (χ0) is 38.6. The van der Waals surface area contributed by atoms with Gasteiger partial charge in [-0.1, -0.05) is 20.6 Å². The second kappa shape index (κ2) is 19.8. The van der Waals surface area contributed by atoms with Gasteiger partial charge in [0.25, 0.3) is 0 Å². The van der Waals surface area contributed by atoms with Gasteiger partial charge in [-0.05, 0) is 38.7 Å². The van der Waals surface area contributed by atoms with Crippen LogP contribution in [-0.4, -0.2) is 113 Å². The molecule has 0 N–H and O–H groups in total. The third-order valence-corrected chi connectivity index (χ3v) is 34.9. The summed E-state index contributed by atoms with van der Waals surface area (Å²) in [5.41, 5.74) is 0.670. The van der Waals surface area contributed by atoms with Gasteiger partial charge in [-0.25, -0.2) is 22.0 Å². The van der Waals surface area contributed by atoms with Gasteiger partial charge in [-0.15, -0.1) is 6.58 Å². The number of halogens is 5. The molecule has 0 radical (unpaired) electrons. The van der Waals surface area contributed by atoms with E-state index >= 15 is 0 Å². The minimum Gasteiger partial charge on any atom is -0.417 e. The molecule has 2 rings (SSSR count). The van der Waals surface area contributed by atoms with Gasteiger partial charge in [0.2, 0.25) is 14.1 Å². The molecular formula is C25H55F5O14Si8. The summed E-state index contributed by atoms with van der Waals surface area (Å²) in [7, 11) is -22.6. The fraction of sp³-hybridized carbons (Fsp3) is 0.680. The molecule has 0 saturated carbocycles. The highest BCUT2D eigenvalue weighted by atomic mass is 28.6. The van der Waals surface area contributed by atoms with E-state index in [1.54, 1.807) is 25.3 Å². The molecule has 52 heavy (non-hydrogen) atoms. The molecule has 0 amide bonds. The lowest BCUT2D eigenvalue weighted by atomic mass is 10.1. The molecule has 1 aliphatic rings. The Kier molecular flexibility index (Phi) is 19.7. The van der Waals surface area contributed by atoms with E-state index in [1.165, 1.54) is 55.8 Å². The molecule has 0 aliphatic carbocycles. The standard InChI is InChI=1S/C23H47F5O14Si8.2CH4/c1-15-44(8,9)35-43-36-46(12,29-2)39-47(13,30-3)40-48(14,41-50(33-6,34-7)42-49(31-4,32-5)37-43)38-45(10,11)17-16-18-19(24)21(26)23(28)22(27)20(18)25;;/h15,43H,1,16-17H2,2-14H3;2*1H4. The van der Waals surface area contributed by atoms with Crippen LogP contribution in [0.1, 0.15) is 20.4 Å². The zero-order valence-corrected chi connectivity index (χ0v) is 38.5. The summed E-state index contributed by atoms with van der Waals surface area (Å²) in [6.07, 6.45) is -0.575. The van der Waals surface area contributed by atoms with Gasteiger partial charge >= 0.3 is 54.0 Å². The molecule has 1 aromatic rings. The monoisotopic (exact) mass is 898 g/mol. The lowest BCUT2D eigenvalue weighted by Crippen LogP contribution is -2.71. The van der Waals surface area contributed by atoms with Crippen LogP contribution in [0, 0.1) is 29.1 Å². The van der Waals surface area contributed by atoms with Crippen LogP contribution in [-0.2, 0) is 65.9 Å². The highest BCUT2D eigenvalue weighted by Crippen LogP contribution is 2.34. The lowest BCUT2D eigenvalue weighted by molar-refractivity contribution is -0.0190. The summed E-state index contributed by atoms with van der Waals surface area (Å²) in [4.78, 5) is 0. The van der Waals surface area contributed by atoms with Crippen LogP contribution < -0.4 is 0 Å². The number of hydrogen-bond acceptors (Lipinski definition) is 14. The molecule has 306 valence electrons. The fourth-order valence-electron chi connectivity index (χ4n) is 4.40. The van der Waals surface area contributed by atoms with Crippen molar-refractivity contribution in [2.24, 2.45) is 0 Å². The van der Waals surface area contributed by atoms with Gasteiger partial charge in [0.1, 0.15) is 0 Å². The Balaban J connectivity index is 0.0000130. The van der Waals surface area contributed by atoms with Crippen LogP contribution in [0.15, 0.2) is 12.3 Å². The van der Waals surface area contributed by atoms with Gasteiger partial charge in [0.05, 0.1) is 0 Å². The summed E-state index contributed by atoms with van der Waals surface area (Å²) in [5.74, 6) is -10.2. The van der Waals surface area contributed by atoms with Gasteiger partial charge in [0, 0.05) is 67.9 Å². The SMILES string of the molecule is C.C.C=C[Si](C)(C)O[SiH]1O[Si](C)(OC)O[Si](C)(OC)O[Si](C)(O[Si](C)(C)CCc2c(F)c(F)c(F)c(F)c2F)O[Si](OC)(OC)O[Si](OC)(OC)O1.